The number of rotatable bonds is 2. The largest absolute Gasteiger partial charge is 0.398 e. The minimum atomic E-state index is -0.0607. The van der Waals surface area contributed by atoms with E-state index in [1.165, 1.54) is 0 Å². The van der Waals surface area contributed by atoms with Crippen molar-refractivity contribution in [2.45, 2.75) is 18.9 Å². The van der Waals surface area contributed by atoms with Gasteiger partial charge in [0.25, 0.3) is 5.91 Å². The number of nitrogens with zero attached hydrogens (tertiary/aromatic N) is 1. The standard InChI is InChI=1S/C13H18BrN3O/c1-17-7-3-4-9(8-17)16-13(18)10-5-2-6-11(15)12(10)14/h2,5-6,9H,3-4,7-8,15H2,1H3,(H,16,18). The third-order valence-electron chi connectivity index (χ3n) is 3.23. The molecule has 1 amide bonds. The number of nitrogens with one attached hydrogen (secondary N) is 1. The molecule has 1 heterocycles. The Bertz CT molecular complexity index is 450. The Morgan fingerprint density at radius 1 is 1.56 bits per heavy atom. The highest BCUT2D eigenvalue weighted by Crippen LogP contribution is 2.23. The van der Waals surface area contributed by atoms with Crippen molar-refractivity contribution < 1.29 is 4.79 Å². The highest BCUT2D eigenvalue weighted by Gasteiger charge is 2.20. The van der Waals surface area contributed by atoms with Gasteiger partial charge < -0.3 is 16.0 Å². The van der Waals surface area contributed by atoms with Crippen molar-refractivity contribution in [3.05, 3.63) is 28.2 Å². The van der Waals surface area contributed by atoms with E-state index in [1.54, 1.807) is 18.2 Å². The zero-order chi connectivity index (χ0) is 13.1. The fraction of sp³-hybridized carbons (Fsp3) is 0.462. The van der Waals surface area contributed by atoms with Gasteiger partial charge in [-0.1, -0.05) is 6.07 Å². The summed E-state index contributed by atoms with van der Waals surface area (Å²) in [4.78, 5) is 14.4. The monoisotopic (exact) mass is 311 g/mol. The van der Waals surface area contributed by atoms with Gasteiger partial charge in [0.05, 0.1) is 10.0 Å². The smallest absolute Gasteiger partial charge is 0.252 e. The number of piperidine rings is 1. The molecule has 0 aromatic heterocycles. The third-order valence-corrected chi connectivity index (χ3v) is 4.12. The first kappa shape index (κ1) is 13.4. The van der Waals surface area contributed by atoms with Crippen LogP contribution in [0.3, 0.4) is 0 Å². The predicted octanol–water partition coefficient (Wildman–Crippen LogP) is 1.86. The normalized spacial score (nSPS) is 20.7. The van der Waals surface area contributed by atoms with Crippen LogP contribution in [-0.2, 0) is 0 Å². The molecule has 18 heavy (non-hydrogen) atoms. The Morgan fingerprint density at radius 2 is 2.33 bits per heavy atom. The number of likely N-dealkylation sites (N-methyl/N-ethyl adjacent to an activating group) is 1. The third kappa shape index (κ3) is 3.03. The fourth-order valence-electron chi connectivity index (χ4n) is 2.27. The molecule has 0 radical (unpaired) electrons. The van der Waals surface area contributed by atoms with Gasteiger partial charge in [-0.25, -0.2) is 0 Å². The van der Waals surface area contributed by atoms with Crippen molar-refractivity contribution in [2.24, 2.45) is 0 Å². The molecule has 1 aliphatic heterocycles. The lowest BCUT2D eigenvalue weighted by Gasteiger charge is -2.30. The van der Waals surface area contributed by atoms with Crippen molar-refractivity contribution in [1.82, 2.24) is 10.2 Å². The van der Waals surface area contributed by atoms with E-state index < -0.39 is 0 Å². The Hall–Kier alpha value is -1.07. The number of halogens is 1. The van der Waals surface area contributed by atoms with Crippen LogP contribution in [0.5, 0.6) is 0 Å². The molecule has 0 spiro atoms. The predicted molar refractivity (Wildman–Crippen MR) is 76.5 cm³/mol. The molecule has 1 atom stereocenters. The summed E-state index contributed by atoms with van der Waals surface area (Å²) in [6.45, 7) is 2.01. The van der Waals surface area contributed by atoms with Crippen molar-refractivity contribution >= 4 is 27.5 Å². The van der Waals surface area contributed by atoms with Crippen molar-refractivity contribution in [1.29, 1.82) is 0 Å². The lowest BCUT2D eigenvalue weighted by atomic mass is 10.1. The quantitative estimate of drug-likeness (QED) is 0.820. The maximum Gasteiger partial charge on any atom is 0.252 e. The number of carbonyl (C=O) groups excluding carboxylic acids is 1. The molecule has 1 aromatic rings. The number of amides is 1. The van der Waals surface area contributed by atoms with Crippen LogP contribution in [0.25, 0.3) is 0 Å². The van der Waals surface area contributed by atoms with Gasteiger partial charge in [0, 0.05) is 18.3 Å². The van der Waals surface area contributed by atoms with Crippen LogP contribution in [0.4, 0.5) is 5.69 Å². The number of nitrogens with two attached hydrogens (primary N) is 1. The average molecular weight is 312 g/mol. The lowest BCUT2D eigenvalue weighted by molar-refractivity contribution is 0.0912. The summed E-state index contributed by atoms with van der Waals surface area (Å²) in [5, 5.41) is 3.07. The molecule has 2 rings (SSSR count). The van der Waals surface area contributed by atoms with Crippen molar-refractivity contribution in [2.75, 3.05) is 25.9 Å². The van der Waals surface area contributed by atoms with E-state index in [2.05, 4.69) is 33.2 Å². The van der Waals surface area contributed by atoms with Crippen LogP contribution in [0.1, 0.15) is 23.2 Å². The van der Waals surface area contributed by atoms with Crippen LogP contribution in [0, 0.1) is 0 Å². The molecule has 1 saturated heterocycles. The molecule has 1 aliphatic rings. The summed E-state index contributed by atoms with van der Waals surface area (Å²) in [7, 11) is 2.08. The number of hydrogen-bond acceptors (Lipinski definition) is 3. The van der Waals surface area contributed by atoms with E-state index in [0.717, 1.165) is 25.9 Å². The van der Waals surface area contributed by atoms with Crippen molar-refractivity contribution in [3.8, 4) is 0 Å². The maximum atomic E-state index is 12.2. The molecule has 1 aromatic carbocycles. The molecule has 0 aliphatic carbocycles. The van der Waals surface area contributed by atoms with Gasteiger partial charge in [0.1, 0.15) is 0 Å². The minimum Gasteiger partial charge on any atom is -0.398 e. The summed E-state index contributed by atoms with van der Waals surface area (Å²) in [6.07, 6.45) is 2.16. The summed E-state index contributed by atoms with van der Waals surface area (Å²) < 4.78 is 0.673. The van der Waals surface area contributed by atoms with Gasteiger partial charge in [-0.3, -0.25) is 4.79 Å². The fourth-order valence-corrected chi connectivity index (χ4v) is 2.72. The first-order valence-electron chi connectivity index (χ1n) is 6.11. The van der Waals surface area contributed by atoms with Gasteiger partial charge in [-0.15, -0.1) is 0 Å². The Morgan fingerprint density at radius 3 is 3.06 bits per heavy atom. The van der Waals surface area contributed by atoms with Gasteiger partial charge in [-0.05, 0) is 54.5 Å². The van der Waals surface area contributed by atoms with Crippen LogP contribution >= 0.6 is 15.9 Å². The zero-order valence-corrected chi connectivity index (χ0v) is 12.0. The average Bonchev–Trinajstić information content (AvgIpc) is 2.32. The molecular weight excluding hydrogens is 294 g/mol. The molecule has 0 bridgehead atoms. The topological polar surface area (TPSA) is 58.4 Å². The number of hydrogen-bond donors (Lipinski definition) is 2. The van der Waals surface area contributed by atoms with Gasteiger partial charge >= 0.3 is 0 Å². The Balaban J connectivity index is 2.05. The molecule has 3 N–H and O–H groups in total. The molecular formula is C13H18BrN3O. The van der Waals surface area contributed by atoms with Crippen molar-refractivity contribution in [3.63, 3.8) is 0 Å². The second-order valence-corrected chi connectivity index (χ2v) is 5.58. The first-order valence-corrected chi connectivity index (χ1v) is 6.90. The molecule has 5 heteroatoms. The van der Waals surface area contributed by atoms with Gasteiger partial charge in [0.2, 0.25) is 0 Å². The summed E-state index contributed by atoms with van der Waals surface area (Å²) in [5.74, 6) is -0.0607. The van der Waals surface area contributed by atoms with Gasteiger partial charge in [-0.2, -0.15) is 0 Å². The number of nitrogen functional groups attached to an aromatic ring is 1. The number of likely N-dealkylation sites (tertiary alicyclic amines) is 1. The molecule has 4 nitrogen and oxygen atoms in total. The van der Waals surface area contributed by atoms with E-state index in [4.69, 9.17) is 5.73 Å². The summed E-state index contributed by atoms with van der Waals surface area (Å²) >= 11 is 3.36. The van der Waals surface area contributed by atoms with E-state index in [0.29, 0.717) is 15.7 Å². The summed E-state index contributed by atoms with van der Waals surface area (Å²) in [6, 6.07) is 5.57. The van der Waals surface area contributed by atoms with E-state index in [9.17, 15) is 4.79 Å². The van der Waals surface area contributed by atoms with Crippen LogP contribution in [0.2, 0.25) is 0 Å². The Kier molecular flexibility index (Phi) is 4.24. The second kappa shape index (κ2) is 5.71. The number of carbonyl (C=O) groups is 1. The van der Waals surface area contributed by atoms with Gasteiger partial charge in [0.15, 0.2) is 0 Å². The first-order chi connectivity index (χ1) is 8.58. The highest BCUT2D eigenvalue weighted by atomic mass is 79.9. The number of anilines is 1. The minimum absolute atomic E-state index is 0.0607. The zero-order valence-electron chi connectivity index (χ0n) is 10.4. The second-order valence-electron chi connectivity index (χ2n) is 4.78. The SMILES string of the molecule is CN1CCCC(NC(=O)c2cccc(N)c2Br)C1. The number of benzene rings is 1. The van der Waals surface area contributed by atoms with Crippen LogP contribution < -0.4 is 11.1 Å². The molecule has 0 saturated carbocycles. The molecule has 1 unspecified atom stereocenters. The molecule has 98 valence electrons. The van der Waals surface area contributed by atoms with Crippen LogP contribution in [0.15, 0.2) is 22.7 Å². The lowest BCUT2D eigenvalue weighted by Crippen LogP contribution is -2.46. The Labute approximate surface area is 116 Å². The van der Waals surface area contributed by atoms with E-state index >= 15 is 0 Å². The maximum absolute atomic E-state index is 12.2. The van der Waals surface area contributed by atoms with E-state index in [1.807, 2.05) is 0 Å². The molecule has 1 fully saturated rings. The highest BCUT2D eigenvalue weighted by molar-refractivity contribution is 9.10. The van der Waals surface area contributed by atoms with E-state index in [-0.39, 0.29) is 11.9 Å². The summed E-state index contributed by atoms with van der Waals surface area (Å²) in [5.41, 5.74) is 6.97. The van der Waals surface area contributed by atoms with Crippen LogP contribution in [-0.4, -0.2) is 37.0 Å².